The second-order valence-corrected chi connectivity index (χ2v) is 4.77. The Balaban J connectivity index is 1.83. The maximum Gasteiger partial charge on any atom is 0.231 e. The monoisotopic (exact) mass is 294 g/mol. The molecule has 0 saturated heterocycles. The minimum absolute atomic E-state index is 0.117. The number of amides is 1. The zero-order chi connectivity index (χ0) is 15.4. The number of hydrogen-bond acceptors (Lipinski definition) is 5. The molecule has 0 aliphatic heterocycles. The summed E-state index contributed by atoms with van der Waals surface area (Å²) in [5.41, 5.74) is 2.46. The average molecular weight is 294 g/mol. The molecule has 0 radical (unpaired) electrons. The van der Waals surface area contributed by atoms with Crippen LogP contribution in [0.1, 0.15) is 18.4 Å². The molecule has 1 amide bonds. The van der Waals surface area contributed by atoms with Gasteiger partial charge in [0.1, 0.15) is 0 Å². The van der Waals surface area contributed by atoms with E-state index in [1.54, 1.807) is 12.4 Å². The Bertz CT molecular complexity index is 784. The van der Waals surface area contributed by atoms with Crippen LogP contribution < -0.4 is 5.32 Å². The summed E-state index contributed by atoms with van der Waals surface area (Å²) in [5.74, 6) is 0.866. The lowest BCUT2D eigenvalue weighted by Gasteiger charge is -2.07. The molecule has 0 fully saturated rings. The Morgan fingerprint density at radius 3 is 2.86 bits per heavy atom. The van der Waals surface area contributed by atoms with Crippen LogP contribution in [-0.2, 0) is 11.2 Å². The summed E-state index contributed by atoms with van der Waals surface area (Å²) in [6, 6.07) is 11.2. The first-order chi connectivity index (χ1) is 10.7. The second-order valence-electron chi connectivity index (χ2n) is 4.77. The highest BCUT2D eigenvalue weighted by Gasteiger charge is 2.11. The van der Waals surface area contributed by atoms with Crippen molar-refractivity contribution in [2.75, 3.05) is 5.32 Å². The molecule has 0 saturated carbocycles. The van der Waals surface area contributed by atoms with Crippen LogP contribution in [0, 0.1) is 0 Å². The van der Waals surface area contributed by atoms with Gasteiger partial charge in [-0.1, -0.05) is 23.4 Å². The molecule has 0 bridgehead atoms. The highest BCUT2D eigenvalue weighted by molar-refractivity contribution is 5.89. The molecule has 0 atom stereocenters. The Morgan fingerprint density at radius 1 is 1.23 bits per heavy atom. The molecule has 0 spiro atoms. The first-order valence-corrected chi connectivity index (χ1v) is 6.81. The topological polar surface area (TPSA) is 80.9 Å². The standard InChI is InChI=1S/C16H14N4O2/c1-11(21)18-14-7-3-2-5-12(14)9-15-19-16(20-22-15)13-6-4-8-17-10-13/h2-8,10H,9H2,1H3,(H,18,21). The minimum Gasteiger partial charge on any atom is -0.339 e. The Morgan fingerprint density at radius 2 is 2.09 bits per heavy atom. The smallest absolute Gasteiger partial charge is 0.231 e. The molecular weight excluding hydrogens is 280 g/mol. The van der Waals surface area contributed by atoms with Crippen molar-refractivity contribution in [2.45, 2.75) is 13.3 Å². The van der Waals surface area contributed by atoms with Crippen molar-refractivity contribution in [1.82, 2.24) is 15.1 Å². The highest BCUT2D eigenvalue weighted by Crippen LogP contribution is 2.20. The summed E-state index contributed by atoms with van der Waals surface area (Å²) >= 11 is 0. The van der Waals surface area contributed by atoms with Crippen molar-refractivity contribution in [2.24, 2.45) is 0 Å². The average Bonchev–Trinajstić information content (AvgIpc) is 2.98. The number of carbonyl (C=O) groups excluding carboxylic acids is 1. The fourth-order valence-electron chi connectivity index (χ4n) is 2.09. The molecule has 1 aromatic carbocycles. The number of aromatic nitrogens is 3. The predicted octanol–water partition coefficient (Wildman–Crippen LogP) is 2.68. The van der Waals surface area contributed by atoms with Gasteiger partial charge in [-0.05, 0) is 23.8 Å². The van der Waals surface area contributed by atoms with Gasteiger partial charge in [0.2, 0.25) is 17.6 Å². The number of anilines is 1. The zero-order valence-electron chi connectivity index (χ0n) is 12.0. The molecule has 110 valence electrons. The summed E-state index contributed by atoms with van der Waals surface area (Å²) < 4.78 is 5.28. The summed E-state index contributed by atoms with van der Waals surface area (Å²) in [7, 11) is 0. The van der Waals surface area contributed by atoms with Crippen LogP contribution in [0.2, 0.25) is 0 Å². The van der Waals surface area contributed by atoms with E-state index >= 15 is 0 Å². The number of nitrogens with one attached hydrogen (secondary N) is 1. The quantitative estimate of drug-likeness (QED) is 0.800. The van der Waals surface area contributed by atoms with E-state index in [1.165, 1.54) is 6.92 Å². The van der Waals surface area contributed by atoms with Crippen LogP contribution in [0.4, 0.5) is 5.69 Å². The van der Waals surface area contributed by atoms with E-state index in [2.05, 4.69) is 20.4 Å². The summed E-state index contributed by atoms with van der Waals surface area (Å²) in [6.07, 6.45) is 3.82. The Hall–Kier alpha value is -3.02. The first-order valence-electron chi connectivity index (χ1n) is 6.81. The largest absolute Gasteiger partial charge is 0.339 e. The maximum atomic E-state index is 11.2. The molecule has 2 aromatic heterocycles. The number of carbonyl (C=O) groups is 1. The third kappa shape index (κ3) is 3.17. The Kier molecular flexibility index (Phi) is 3.91. The van der Waals surface area contributed by atoms with Crippen molar-refractivity contribution < 1.29 is 9.32 Å². The Labute approximate surface area is 127 Å². The molecule has 6 heteroatoms. The number of pyridine rings is 1. The molecule has 2 heterocycles. The fraction of sp³-hybridized carbons (Fsp3) is 0.125. The first kappa shape index (κ1) is 13.9. The molecule has 1 N–H and O–H groups in total. The SMILES string of the molecule is CC(=O)Nc1ccccc1Cc1nc(-c2cccnc2)no1. The van der Waals surface area contributed by atoms with Gasteiger partial charge in [-0.15, -0.1) is 0 Å². The fourth-order valence-corrected chi connectivity index (χ4v) is 2.09. The number of nitrogens with zero attached hydrogens (tertiary/aromatic N) is 3. The van der Waals surface area contributed by atoms with Crippen molar-refractivity contribution in [3.63, 3.8) is 0 Å². The highest BCUT2D eigenvalue weighted by atomic mass is 16.5. The van der Waals surface area contributed by atoms with Crippen molar-refractivity contribution in [3.05, 3.63) is 60.2 Å². The van der Waals surface area contributed by atoms with E-state index in [0.717, 1.165) is 16.8 Å². The van der Waals surface area contributed by atoms with Gasteiger partial charge >= 0.3 is 0 Å². The van der Waals surface area contributed by atoms with Gasteiger partial charge in [0.05, 0.1) is 6.42 Å². The lowest BCUT2D eigenvalue weighted by Crippen LogP contribution is -2.08. The van der Waals surface area contributed by atoms with Gasteiger partial charge in [0.15, 0.2) is 0 Å². The van der Waals surface area contributed by atoms with Crippen molar-refractivity contribution in [1.29, 1.82) is 0 Å². The number of para-hydroxylation sites is 1. The van der Waals surface area contributed by atoms with Crippen molar-refractivity contribution >= 4 is 11.6 Å². The minimum atomic E-state index is -0.117. The molecule has 3 rings (SSSR count). The molecule has 3 aromatic rings. The third-order valence-electron chi connectivity index (χ3n) is 3.06. The summed E-state index contributed by atoms with van der Waals surface area (Å²) in [6.45, 7) is 1.48. The van der Waals surface area contributed by atoms with Gasteiger partial charge in [0.25, 0.3) is 0 Å². The van der Waals surface area contributed by atoms with Gasteiger partial charge in [-0.2, -0.15) is 4.98 Å². The van der Waals surface area contributed by atoms with Gasteiger partial charge in [0, 0.05) is 30.6 Å². The summed E-state index contributed by atoms with van der Waals surface area (Å²) in [4.78, 5) is 19.6. The molecule has 0 unspecified atom stereocenters. The van der Waals surface area contributed by atoms with Crippen molar-refractivity contribution in [3.8, 4) is 11.4 Å². The number of hydrogen-bond donors (Lipinski definition) is 1. The lowest BCUT2D eigenvalue weighted by molar-refractivity contribution is -0.114. The second kappa shape index (κ2) is 6.17. The normalized spacial score (nSPS) is 10.4. The predicted molar refractivity (Wildman–Crippen MR) is 81.1 cm³/mol. The zero-order valence-corrected chi connectivity index (χ0v) is 12.0. The molecule has 22 heavy (non-hydrogen) atoms. The van der Waals surface area contributed by atoms with E-state index in [1.807, 2.05) is 36.4 Å². The van der Waals surface area contributed by atoms with Crippen LogP contribution in [0.15, 0.2) is 53.3 Å². The number of rotatable bonds is 4. The van der Waals surface area contributed by atoms with E-state index in [9.17, 15) is 4.79 Å². The maximum absolute atomic E-state index is 11.2. The molecule has 0 aliphatic carbocycles. The van der Waals surface area contributed by atoms with Crippen LogP contribution in [0.3, 0.4) is 0 Å². The van der Waals surface area contributed by atoms with E-state index in [0.29, 0.717) is 18.1 Å². The van der Waals surface area contributed by atoms with E-state index in [-0.39, 0.29) is 5.91 Å². The summed E-state index contributed by atoms with van der Waals surface area (Å²) in [5, 5.41) is 6.75. The van der Waals surface area contributed by atoms with Crippen LogP contribution in [-0.4, -0.2) is 21.0 Å². The molecule has 0 aliphatic rings. The number of benzene rings is 1. The van der Waals surface area contributed by atoms with Gasteiger partial charge in [-0.3, -0.25) is 9.78 Å². The third-order valence-corrected chi connectivity index (χ3v) is 3.06. The van der Waals surface area contributed by atoms with Gasteiger partial charge < -0.3 is 9.84 Å². The van der Waals surface area contributed by atoms with Crippen LogP contribution >= 0.6 is 0 Å². The lowest BCUT2D eigenvalue weighted by atomic mass is 10.1. The van der Waals surface area contributed by atoms with Crippen LogP contribution in [0.25, 0.3) is 11.4 Å². The van der Waals surface area contributed by atoms with E-state index < -0.39 is 0 Å². The van der Waals surface area contributed by atoms with Gasteiger partial charge in [-0.25, -0.2) is 0 Å². The van der Waals surface area contributed by atoms with Crippen LogP contribution in [0.5, 0.6) is 0 Å². The molecular formula is C16H14N4O2. The molecule has 6 nitrogen and oxygen atoms in total. The van der Waals surface area contributed by atoms with E-state index in [4.69, 9.17) is 4.52 Å².